The van der Waals surface area contributed by atoms with E-state index in [-0.39, 0.29) is 12.7 Å². The van der Waals surface area contributed by atoms with E-state index in [9.17, 15) is 0 Å². The molecule has 0 aromatic heterocycles. The number of aliphatic hydroxyl groups is 1. The first-order valence-electron chi connectivity index (χ1n) is 6.55. The molecule has 1 saturated heterocycles. The van der Waals surface area contributed by atoms with Crippen LogP contribution in [0.15, 0.2) is 18.2 Å². The Hall–Kier alpha value is -1.26. The first-order valence-corrected chi connectivity index (χ1v) is 6.55. The number of hydrogen-bond donors (Lipinski definition) is 2. The lowest BCUT2D eigenvalue weighted by Crippen LogP contribution is -2.37. The monoisotopic (exact) mass is 250 g/mol. The van der Waals surface area contributed by atoms with Gasteiger partial charge in [0.25, 0.3) is 0 Å². The summed E-state index contributed by atoms with van der Waals surface area (Å²) in [6.07, 6.45) is 2.30. The van der Waals surface area contributed by atoms with Crippen molar-refractivity contribution in [2.75, 3.05) is 36.9 Å². The number of ether oxygens (including phenoxy) is 1. The summed E-state index contributed by atoms with van der Waals surface area (Å²) in [4.78, 5) is 2.37. The number of nitrogens with two attached hydrogens (primary N) is 1. The van der Waals surface area contributed by atoms with Crippen LogP contribution in [0.2, 0.25) is 0 Å². The third-order valence-corrected chi connectivity index (χ3v) is 3.57. The van der Waals surface area contributed by atoms with Gasteiger partial charge in [0.2, 0.25) is 0 Å². The second-order valence-electron chi connectivity index (χ2n) is 4.77. The Kier molecular flexibility index (Phi) is 4.44. The van der Waals surface area contributed by atoms with Gasteiger partial charge in [0.05, 0.1) is 19.3 Å². The van der Waals surface area contributed by atoms with Gasteiger partial charge in [-0.05, 0) is 37.5 Å². The van der Waals surface area contributed by atoms with E-state index in [1.165, 1.54) is 5.69 Å². The van der Waals surface area contributed by atoms with Crippen LogP contribution < -0.4 is 10.6 Å². The van der Waals surface area contributed by atoms with Crippen molar-refractivity contribution in [2.45, 2.75) is 25.9 Å². The summed E-state index contributed by atoms with van der Waals surface area (Å²) in [6, 6.07) is 6.07. The fraction of sp³-hybridized carbons (Fsp3) is 0.571. The average Bonchev–Trinajstić information content (AvgIpc) is 2.40. The molecule has 0 radical (unpaired) electrons. The van der Waals surface area contributed by atoms with Crippen molar-refractivity contribution in [2.24, 2.45) is 0 Å². The molecule has 4 nitrogen and oxygen atoms in total. The van der Waals surface area contributed by atoms with Gasteiger partial charge in [-0.3, -0.25) is 0 Å². The van der Waals surface area contributed by atoms with Gasteiger partial charge in [-0.1, -0.05) is 6.07 Å². The van der Waals surface area contributed by atoms with Crippen LogP contribution in [0.3, 0.4) is 0 Å². The zero-order chi connectivity index (χ0) is 13.0. The molecule has 1 aromatic carbocycles. The summed E-state index contributed by atoms with van der Waals surface area (Å²) in [7, 11) is 0. The molecule has 4 heteroatoms. The van der Waals surface area contributed by atoms with Crippen LogP contribution in [0.5, 0.6) is 0 Å². The Morgan fingerprint density at radius 2 is 2.11 bits per heavy atom. The van der Waals surface area contributed by atoms with E-state index < -0.39 is 0 Å². The van der Waals surface area contributed by atoms with Crippen LogP contribution in [0, 0.1) is 6.92 Å². The van der Waals surface area contributed by atoms with Crippen LogP contribution >= 0.6 is 0 Å². The average molecular weight is 250 g/mol. The second-order valence-corrected chi connectivity index (χ2v) is 4.77. The van der Waals surface area contributed by atoms with Crippen molar-refractivity contribution in [3.8, 4) is 0 Å². The maximum atomic E-state index is 8.74. The molecule has 100 valence electrons. The fourth-order valence-electron chi connectivity index (χ4n) is 2.47. The molecule has 1 heterocycles. The number of aliphatic hydroxyl groups excluding tert-OH is 1. The Balaban J connectivity index is 1.95. The molecule has 1 aliphatic heterocycles. The molecular weight excluding hydrogens is 228 g/mol. The molecular formula is C14H22N2O2. The van der Waals surface area contributed by atoms with E-state index in [1.807, 2.05) is 12.1 Å². The van der Waals surface area contributed by atoms with Crippen molar-refractivity contribution in [3.63, 3.8) is 0 Å². The molecule has 0 bridgehead atoms. The van der Waals surface area contributed by atoms with Crippen molar-refractivity contribution >= 4 is 11.4 Å². The van der Waals surface area contributed by atoms with Crippen molar-refractivity contribution in [1.82, 2.24) is 0 Å². The minimum atomic E-state index is 0.106. The molecule has 0 aliphatic carbocycles. The van der Waals surface area contributed by atoms with Gasteiger partial charge in [0.15, 0.2) is 0 Å². The molecule has 18 heavy (non-hydrogen) atoms. The van der Waals surface area contributed by atoms with Crippen molar-refractivity contribution in [3.05, 3.63) is 23.8 Å². The molecule has 0 atom stereocenters. The van der Waals surface area contributed by atoms with Crippen LogP contribution in [-0.4, -0.2) is 37.5 Å². The Labute approximate surface area is 108 Å². The highest BCUT2D eigenvalue weighted by atomic mass is 16.5. The van der Waals surface area contributed by atoms with E-state index in [0.717, 1.165) is 37.2 Å². The first-order chi connectivity index (χ1) is 8.72. The van der Waals surface area contributed by atoms with Gasteiger partial charge in [-0.15, -0.1) is 0 Å². The molecule has 2 rings (SSSR count). The quantitative estimate of drug-likeness (QED) is 0.796. The topological polar surface area (TPSA) is 58.7 Å². The molecule has 0 amide bonds. The standard InChI is InChI=1S/C14H22N2O2/c1-11-13(15)3-2-4-14(11)16-7-5-12(6-8-16)18-10-9-17/h2-4,12,17H,5-10,15H2,1H3. The minimum absolute atomic E-state index is 0.106. The highest BCUT2D eigenvalue weighted by Crippen LogP contribution is 2.27. The summed E-state index contributed by atoms with van der Waals surface area (Å²) in [5, 5.41) is 8.74. The Morgan fingerprint density at radius 1 is 1.39 bits per heavy atom. The van der Waals surface area contributed by atoms with Gasteiger partial charge in [0, 0.05) is 24.5 Å². The maximum Gasteiger partial charge on any atom is 0.0701 e. The number of anilines is 2. The molecule has 1 fully saturated rings. The smallest absolute Gasteiger partial charge is 0.0701 e. The first kappa shape index (κ1) is 13.2. The molecule has 0 unspecified atom stereocenters. The number of benzene rings is 1. The summed E-state index contributed by atoms with van der Waals surface area (Å²) < 4.78 is 5.57. The Morgan fingerprint density at radius 3 is 2.78 bits per heavy atom. The van der Waals surface area contributed by atoms with Gasteiger partial charge >= 0.3 is 0 Å². The van der Waals surface area contributed by atoms with E-state index >= 15 is 0 Å². The van der Waals surface area contributed by atoms with Crippen LogP contribution in [-0.2, 0) is 4.74 Å². The maximum absolute atomic E-state index is 8.74. The van der Waals surface area contributed by atoms with E-state index in [1.54, 1.807) is 0 Å². The summed E-state index contributed by atoms with van der Waals surface area (Å²) in [6.45, 7) is 4.59. The minimum Gasteiger partial charge on any atom is -0.398 e. The predicted molar refractivity (Wildman–Crippen MR) is 73.9 cm³/mol. The van der Waals surface area contributed by atoms with Gasteiger partial charge in [0.1, 0.15) is 0 Å². The summed E-state index contributed by atoms with van der Waals surface area (Å²) in [5.41, 5.74) is 9.19. The Bertz CT molecular complexity index is 387. The van der Waals surface area contributed by atoms with Crippen LogP contribution in [0.4, 0.5) is 11.4 Å². The fourth-order valence-corrected chi connectivity index (χ4v) is 2.47. The second kappa shape index (κ2) is 6.07. The normalized spacial score (nSPS) is 17.1. The number of nitrogen functional groups attached to an aromatic ring is 1. The lowest BCUT2D eigenvalue weighted by atomic mass is 10.0. The highest BCUT2D eigenvalue weighted by Gasteiger charge is 2.20. The molecule has 0 spiro atoms. The number of piperidine rings is 1. The highest BCUT2D eigenvalue weighted by molar-refractivity contribution is 5.64. The third kappa shape index (κ3) is 2.94. The predicted octanol–water partition coefficient (Wildman–Crippen LogP) is 1.55. The van der Waals surface area contributed by atoms with Crippen LogP contribution in [0.25, 0.3) is 0 Å². The third-order valence-electron chi connectivity index (χ3n) is 3.57. The molecule has 1 aliphatic rings. The van der Waals surface area contributed by atoms with Crippen LogP contribution in [0.1, 0.15) is 18.4 Å². The van der Waals surface area contributed by atoms with E-state index in [0.29, 0.717) is 6.61 Å². The largest absolute Gasteiger partial charge is 0.398 e. The number of nitrogens with zero attached hydrogens (tertiary/aromatic N) is 1. The van der Waals surface area contributed by atoms with E-state index in [2.05, 4.69) is 17.9 Å². The van der Waals surface area contributed by atoms with E-state index in [4.69, 9.17) is 15.6 Å². The zero-order valence-corrected chi connectivity index (χ0v) is 10.9. The molecule has 0 saturated carbocycles. The molecule has 3 N–H and O–H groups in total. The van der Waals surface area contributed by atoms with Crippen molar-refractivity contribution in [1.29, 1.82) is 0 Å². The number of rotatable bonds is 4. The van der Waals surface area contributed by atoms with Gasteiger partial charge in [-0.2, -0.15) is 0 Å². The van der Waals surface area contributed by atoms with Crippen molar-refractivity contribution < 1.29 is 9.84 Å². The summed E-state index contributed by atoms with van der Waals surface area (Å²) >= 11 is 0. The van der Waals surface area contributed by atoms with Gasteiger partial charge < -0.3 is 20.5 Å². The summed E-state index contributed by atoms with van der Waals surface area (Å²) in [5.74, 6) is 0. The zero-order valence-electron chi connectivity index (χ0n) is 10.9. The van der Waals surface area contributed by atoms with Gasteiger partial charge in [-0.25, -0.2) is 0 Å². The lowest BCUT2D eigenvalue weighted by Gasteiger charge is -2.34. The SMILES string of the molecule is Cc1c(N)cccc1N1CCC(OCCO)CC1. The number of hydrogen-bond acceptors (Lipinski definition) is 4. The molecule has 1 aromatic rings. The lowest BCUT2D eigenvalue weighted by molar-refractivity contribution is 0.0159.